The lowest BCUT2D eigenvalue weighted by Gasteiger charge is -1.99. The summed E-state index contributed by atoms with van der Waals surface area (Å²) < 4.78 is 6.76. The van der Waals surface area contributed by atoms with E-state index in [0.29, 0.717) is 0 Å². The fraction of sp³-hybridized carbons (Fsp3) is 0.125. The highest BCUT2D eigenvalue weighted by molar-refractivity contribution is 9.11. The Morgan fingerprint density at radius 3 is 2.85 bits per heavy atom. The van der Waals surface area contributed by atoms with Crippen LogP contribution in [0.15, 0.2) is 21.3 Å². The molecule has 0 radical (unpaired) electrons. The summed E-state index contributed by atoms with van der Waals surface area (Å²) in [5.41, 5.74) is 1.84. The Bertz CT molecular complexity index is 453. The zero-order valence-electron chi connectivity index (χ0n) is 6.77. The summed E-state index contributed by atoms with van der Waals surface area (Å²) in [4.78, 5) is 7.32. The molecule has 0 aliphatic rings. The number of fused-ring (bicyclic) bond motifs is 1. The number of imidazole rings is 1. The Balaban J connectivity index is 2.75. The summed E-state index contributed by atoms with van der Waals surface area (Å²) in [6.07, 6.45) is 0. The summed E-state index contributed by atoms with van der Waals surface area (Å²) in [7, 11) is 1.64. The maximum absolute atomic E-state index is 5.12. The van der Waals surface area contributed by atoms with Gasteiger partial charge in [0.2, 0.25) is 0 Å². The molecular formula is C8H6Br2N2O. The molecule has 0 atom stereocenters. The van der Waals surface area contributed by atoms with Crippen LogP contribution in [0.2, 0.25) is 0 Å². The molecule has 1 N–H and O–H groups in total. The highest BCUT2D eigenvalue weighted by atomic mass is 79.9. The lowest BCUT2D eigenvalue weighted by molar-refractivity contribution is 0.415. The first-order chi connectivity index (χ1) is 6.20. The van der Waals surface area contributed by atoms with Crippen LogP contribution < -0.4 is 4.74 Å². The topological polar surface area (TPSA) is 37.9 Å². The van der Waals surface area contributed by atoms with Crippen LogP contribution in [-0.2, 0) is 0 Å². The normalized spacial score (nSPS) is 10.7. The van der Waals surface area contributed by atoms with Crippen molar-refractivity contribution in [2.75, 3.05) is 7.11 Å². The van der Waals surface area contributed by atoms with Crippen molar-refractivity contribution in [3.8, 4) is 5.75 Å². The SMILES string of the molecule is COc1cc(Br)c2nc(Br)[nH]c2c1. The van der Waals surface area contributed by atoms with Gasteiger partial charge in [0.05, 0.1) is 12.6 Å². The van der Waals surface area contributed by atoms with Crippen molar-refractivity contribution in [1.82, 2.24) is 9.97 Å². The quantitative estimate of drug-likeness (QED) is 0.879. The van der Waals surface area contributed by atoms with Gasteiger partial charge in [0.15, 0.2) is 4.73 Å². The molecule has 0 amide bonds. The van der Waals surface area contributed by atoms with Gasteiger partial charge in [0.1, 0.15) is 11.3 Å². The molecular weight excluding hydrogens is 300 g/mol. The second kappa shape index (κ2) is 3.31. The number of hydrogen-bond donors (Lipinski definition) is 1. The van der Waals surface area contributed by atoms with E-state index in [1.54, 1.807) is 7.11 Å². The Hall–Kier alpha value is -0.550. The average Bonchev–Trinajstić information content (AvgIpc) is 2.46. The van der Waals surface area contributed by atoms with E-state index < -0.39 is 0 Å². The molecule has 0 fully saturated rings. The van der Waals surface area contributed by atoms with Gasteiger partial charge >= 0.3 is 0 Å². The summed E-state index contributed by atoms with van der Waals surface area (Å²) in [6.45, 7) is 0. The van der Waals surface area contributed by atoms with Crippen LogP contribution in [0.5, 0.6) is 5.75 Å². The summed E-state index contributed by atoms with van der Waals surface area (Å²) in [5.74, 6) is 0.801. The molecule has 2 rings (SSSR count). The van der Waals surface area contributed by atoms with Crippen molar-refractivity contribution < 1.29 is 4.74 Å². The molecule has 0 saturated carbocycles. The third-order valence-electron chi connectivity index (χ3n) is 1.72. The van der Waals surface area contributed by atoms with Crippen molar-refractivity contribution in [3.05, 3.63) is 21.3 Å². The first-order valence-electron chi connectivity index (χ1n) is 3.59. The van der Waals surface area contributed by atoms with Crippen molar-refractivity contribution in [3.63, 3.8) is 0 Å². The van der Waals surface area contributed by atoms with E-state index in [4.69, 9.17) is 4.74 Å². The van der Waals surface area contributed by atoms with Crippen LogP contribution in [-0.4, -0.2) is 17.1 Å². The number of nitrogens with one attached hydrogen (secondary N) is 1. The Kier molecular flexibility index (Phi) is 2.29. The molecule has 1 aromatic heterocycles. The average molecular weight is 306 g/mol. The maximum Gasteiger partial charge on any atom is 0.175 e. The minimum atomic E-state index is 0.719. The Morgan fingerprint density at radius 2 is 2.15 bits per heavy atom. The molecule has 0 aliphatic heterocycles. The predicted octanol–water partition coefficient (Wildman–Crippen LogP) is 3.10. The molecule has 0 saturated heterocycles. The number of halogens is 2. The summed E-state index contributed by atoms with van der Waals surface area (Å²) >= 11 is 6.70. The number of aromatic amines is 1. The largest absolute Gasteiger partial charge is 0.497 e. The molecule has 1 heterocycles. The number of rotatable bonds is 1. The predicted molar refractivity (Wildman–Crippen MR) is 58.0 cm³/mol. The van der Waals surface area contributed by atoms with Crippen LogP contribution in [0, 0.1) is 0 Å². The summed E-state index contributed by atoms with van der Waals surface area (Å²) in [5, 5.41) is 0. The number of H-pyrrole nitrogens is 1. The standard InChI is InChI=1S/C8H6Br2N2O/c1-13-4-2-5(9)7-6(3-4)11-8(10)12-7/h2-3H,1H3,(H,11,12). The van der Waals surface area contributed by atoms with Gasteiger partial charge in [-0.25, -0.2) is 4.98 Å². The molecule has 0 unspecified atom stereocenters. The zero-order valence-corrected chi connectivity index (χ0v) is 9.94. The van der Waals surface area contributed by atoms with E-state index >= 15 is 0 Å². The monoisotopic (exact) mass is 304 g/mol. The van der Waals surface area contributed by atoms with Crippen molar-refractivity contribution in [2.24, 2.45) is 0 Å². The Labute approximate surface area is 91.8 Å². The highest BCUT2D eigenvalue weighted by Crippen LogP contribution is 2.28. The van der Waals surface area contributed by atoms with Gasteiger partial charge in [-0.05, 0) is 37.9 Å². The minimum absolute atomic E-state index is 0.719. The first-order valence-corrected chi connectivity index (χ1v) is 5.18. The molecule has 5 heteroatoms. The number of ether oxygens (including phenoxy) is 1. The van der Waals surface area contributed by atoms with Gasteiger partial charge in [-0.15, -0.1) is 0 Å². The van der Waals surface area contributed by atoms with Gasteiger partial charge in [0, 0.05) is 10.5 Å². The second-order valence-electron chi connectivity index (χ2n) is 2.53. The van der Waals surface area contributed by atoms with Gasteiger partial charge < -0.3 is 9.72 Å². The van der Waals surface area contributed by atoms with E-state index in [-0.39, 0.29) is 0 Å². The van der Waals surface area contributed by atoms with Gasteiger partial charge in [0.25, 0.3) is 0 Å². The molecule has 0 aliphatic carbocycles. The second-order valence-corrected chi connectivity index (χ2v) is 4.14. The smallest absolute Gasteiger partial charge is 0.175 e. The molecule has 0 spiro atoms. The van der Waals surface area contributed by atoms with Crippen LogP contribution in [0.3, 0.4) is 0 Å². The number of aromatic nitrogens is 2. The summed E-state index contributed by atoms with van der Waals surface area (Å²) in [6, 6.07) is 3.79. The Morgan fingerprint density at radius 1 is 1.38 bits per heavy atom. The molecule has 68 valence electrons. The fourth-order valence-electron chi connectivity index (χ4n) is 1.14. The van der Waals surface area contributed by atoms with Gasteiger partial charge in [-0.3, -0.25) is 0 Å². The van der Waals surface area contributed by atoms with Crippen LogP contribution in [0.4, 0.5) is 0 Å². The zero-order chi connectivity index (χ0) is 9.42. The first kappa shape index (κ1) is 9.02. The molecule has 0 bridgehead atoms. The number of methoxy groups -OCH3 is 1. The van der Waals surface area contributed by atoms with E-state index in [0.717, 1.165) is 26.0 Å². The maximum atomic E-state index is 5.12. The van der Waals surface area contributed by atoms with E-state index in [1.807, 2.05) is 12.1 Å². The fourth-order valence-corrected chi connectivity index (χ4v) is 2.06. The van der Waals surface area contributed by atoms with Crippen LogP contribution in [0.1, 0.15) is 0 Å². The number of benzene rings is 1. The highest BCUT2D eigenvalue weighted by Gasteiger charge is 2.06. The van der Waals surface area contributed by atoms with E-state index in [9.17, 15) is 0 Å². The van der Waals surface area contributed by atoms with E-state index in [2.05, 4.69) is 41.8 Å². The van der Waals surface area contributed by atoms with E-state index in [1.165, 1.54) is 0 Å². The number of nitrogens with zero attached hydrogens (tertiary/aromatic N) is 1. The molecule has 2 aromatic rings. The number of hydrogen-bond acceptors (Lipinski definition) is 2. The van der Waals surface area contributed by atoms with Crippen LogP contribution >= 0.6 is 31.9 Å². The van der Waals surface area contributed by atoms with Gasteiger partial charge in [-0.1, -0.05) is 0 Å². The van der Waals surface area contributed by atoms with Crippen molar-refractivity contribution >= 4 is 42.9 Å². The lowest BCUT2D eigenvalue weighted by Crippen LogP contribution is -1.82. The molecule has 1 aromatic carbocycles. The van der Waals surface area contributed by atoms with Crippen molar-refractivity contribution in [2.45, 2.75) is 0 Å². The van der Waals surface area contributed by atoms with Gasteiger partial charge in [-0.2, -0.15) is 0 Å². The minimum Gasteiger partial charge on any atom is -0.497 e. The lowest BCUT2D eigenvalue weighted by atomic mass is 10.3. The molecule has 3 nitrogen and oxygen atoms in total. The van der Waals surface area contributed by atoms with Crippen molar-refractivity contribution in [1.29, 1.82) is 0 Å². The van der Waals surface area contributed by atoms with Crippen LogP contribution in [0.25, 0.3) is 11.0 Å². The molecule has 13 heavy (non-hydrogen) atoms. The third kappa shape index (κ3) is 1.58. The third-order valence-corrected chi connectivity index (χ3v) is 2.70.